The molecule has 1 atom stereocenters. The average molecular weight is 396 g/mol. The van der Waals surface area contributed by atoms with E-state index in [4.69, 9.17) is 9.84 Å². The molecule has 1 aliphatic rings. The molecule has 2 N–H and O–H groups in total. The Morgan fingerprint density at radius 3 is 2.69 bits per heavy atom. The first kappa shape index (κ1) is 19.1. The number of H-pyrrole nitrogens is 1. The van der Waals surface area contributed by atoms with E-state index in [1.807, 2.05) is 24.3 Å². The van der Waals surface area contributed by atoms with Crippen LogP contribution >= 0.6 is 0 Å². The monoisotopic (exact) mass is 396 g/mol. The SMILES string of the molecule is O=C(O)[C@@H]1CN(C(=O)CCc2c(-c3ccc(F)cc3)[nH]c3ccccc23)CCO1. The zero-order valence-corrected chi connectivity index (χ0v) is 15.7. The molecule has 150 valence electrons. The van der Waals surface area contributed by atoms with Crippen LogP contribution in [0.2, 0.25) is 0 Å². The number of nitrogens with zero attached hydrogens (tertiary/aromatic N) is 1. The zero-order valence-electron chi connectivity index (χ0n) is 15.7. The van der Waals surface area contributed by atoms with Crippen LogP contribution in [-0.2, 0) is 20.7 Å². The van der Waals surface area contributed by atoms with E-state index in [0.717, 1.165) is 27.7 Å². The molecule has 0 aliphatic carbocycles. The van der Waals surface area contributed by atoms with Gasteiger partial charge in [-0.3, -0.25) is 4.79 Å². The van der Waals surface area contributed by atoms with Crippen LogP contribution in [0.4, 0.5) is 4.39 Å². The Kier molecular flexibility index (Phi) is 5.31. The molecule has 4 rings (SSSR count). The van der Waals surface area contributed by atoms with E-state index in [2.05, 4.69) is 4.98 Å². The topological polar surface area (TPSA) is 82.6 Å². The molecule has 6 nitrogen and oxygen atoms in total. The maximum atomic E-state index is 13.3. The normalized spacial score (nSPS) is 16.9. The number of carbonyl (C=O) groups is 2. The second kappa shape index (κ2) is 8.05. The third kappa shape index (κ3) is 4.00. The number of amides is 1. The molecule has 2 aromatic carbocycles. The summed E-state index contributed by atoms with van der Waals surface area (Å²) in [5, 5.41) is 10.1. The Balaban J connectivity index is 1.57. The lowest BCUT2D eigenvalue weighted by Crippen LogP contribution is -2.48. The minimum absolute atomic E-state index is 0.0624. The fourth-order valence-electron chi connectivity index (χ4n) is 3.74. The molecular weight excluding hydrogens is 375 g/mol. The van der Waals surface area contributed by atoms with Gasteiger partial charge in [-0.25, -0.2) is 9.18 Å². The number of hydrogen-bond donors (Lipinski definition) is 2. The third-order valence-corrected chi connectivity index (χ3v) is 5.23. The van der Waals surface area contributed by atoms with Crippen LogP contribution in [0, 0.1) is 5.82 Å². The highest BCUT2D eigenvalue weighted by molar-refractivity contribution is 5.91. The maximum absolute atomic E-state index is 13.3. The van der Waals surface area contributed by atoms with Gasteiger partial charge in [0.05, 0.1) is 13.2 Å². The molecule has 1 saturated heterocycles. The van der Waals surface area contributed by atoms with Crippen molar-refractivity contribution in [3.05, 3.63) is 59.9 Å². The summed E-state index contributed by atoms with van der Waals surface area (Å²) in [6.07, 6.45) is -0.233. The number of aliphatic carboxylic acids is 1. The number of aromatic amines is 1. The highest BCUT2D eigenvalue weighted by Crippen LogP contribution is 2.31. The molecule has 7 heteroatoms. The number of aromatic nitrogens is 1. The summed E-state index contributed by atoms with van der Waals surface area (Å²) in [4.78, 5) is 28.8. The summed E-state index contributed by atoms with van der Waals surface area (Å²) >= 11 is 0. The molecular formula is C22H21FN2O4. The van der Waals surface area contributed by atoms with E-state index in [-0.39, 0.29) is 31.3 Å². The molecule has 0 saturated carbocycles. The Bertz CT molecular complexity index is 1040. The van der Waals surface area contributed by atoms with Crippen molar-refractivity contribution < 1.29 is 23.8 Å². The van der Waals surface area contributed by atoms with Gasteiger partial charge in [0.2, 0.25) is 5.91 Å². The lowest BCUT2D eigenvalue weighted by atomic mass is 10.0. The van der Waals surface area contributed by atoms with E-state index >= 15 is 0 Å². The summed E-state index contributed by atoms with van der Waals surface area (Å²) in [7, 11) is 0. The second-order valence-electron chi connectivity index (χ2n) is 7.07. The lowest BCUT2D eigenvalue weighted by molar-refractivity contribution is -0.159. The molecule has 1 aliphatic heterocycles. The summed E-state index contributed by atoms with van der Waals surface area (Å²) in [6, 6.07) is 14.1. The Labute approximate surface area is 166 Å². The maximum Gasteiger partial charge on any atom is 0.334 e. The van der Waals surface area contributed by atoms with Gasteiger partial charge in [-0.15, -0.1) is 0 Å². The van der Waals surface area contributed by atoms with Crippen LogP contribution < -0.4 is 0 Å². The molecule has 1 fully saturated rings. The third-order valence-electron chi connectivity index (χ3n) is 5.23. The van der Waals surface area contributed by atoms with Crippen LogP contribution in [0.25, 0.3) is 22.2 Å². The van der Waals surface area contributed by atoms with Gasteiger partial charge >= 0.3 is 5.97 Å². The molecule has 1 aromatic heterocycles. The van der Waals surface area contributed by atoms with Gasteiger partial charge in [-0.1, -0.05) is 18.2 Å². The quantitative estimate of drug-likeness (QED) is 0.694. The molecule has 0 unspecified atom stereocenters. The van der Waals surface area contributed by atoms with E-state index in [0.29, 0.717) is 13.0 Å². The Morgan fingerprint density at radius 1 is 1.17 bits per heavy atom. The molecule has 0 radical (unpaired) electrons. The highest BCUT2D eigenvalue weighted by atomic mass is 19.1. The Morgan fingerprint density at radius 2 is 1.93 bits per heavy atom. The van der Waals surface area contributed by atoms with Crippen LogP contribution in [0.3, 0.4) is 0 Å². The number of hydrogen-bond acceptors (Lipinski definition) is 3. The summed E-state index contributed by atoms with van der Waals surface area (Å²) in [6.45, 7) is 0.671. The number of ether oxygens (including phenoxy) is 1. The largest absolute Gasteiger partial charge is 0.479 e. The highest BCUT2D eigenvalue weighted by Gasteiger charge is 2.29. The van der Waals surface area contributed by atoms with E-state index < -0.39 is 12.1 Å². The summed E-state index contributed by atoms with van der Waals surface area (Å²) in [5.74, 6) is -1.46. The van der Waals surface area contributed by atoms with Crippen LogP contribution in [0.5, 0.6) is 0 Å². The van der Waals surface area contributed by atoms with Crippen molar-refractivity contribution in [1.29, 1.82) is 0 Å². The predicted octanol–water partition coefficient (Wildman–Crippen LogP) is 3.22. The number of rotatable bonds is 5. The Hall–Kier alpha value is -3.19. The minimum atomic E-state index is -1.06. The zero-order chi connectivity index (χ0) is 20.4. The minimum Gasteiger partial charge on any atom is -0.479 e. The van der Waals surface area contributed by atoms with Crippen molar-refractivity contribution in [2.24, 2.45) is 0 Å². The van der Waals surface area contributed by atoms with Gasteiger partial charge < -0.3 is 19.7 Å². The summed E-state index contributed by atoms with van der Waals surface area (Å²) < 4.78 is 18.5. The number of nitrogens with one attached hydrogen (secondary N) is 1. The van der Waals surface area contributed by atoms with Crippen molar-refractivity contribution in [3.63, 3.8) is 0 Å². The standard InChI is InChI=1S/C22H21FN2O4/c23-15-7-5-14(6-8-15)21-17(16-3-1-2-4-18(16)24-21)9-10-20(26)25-11-12-29-19(13-25)22(27)28/h1-8,19,24H,9-13H2,(H,27,28)/t19-/m0/s1. The number of carboxylic acid groups (broad SMARTS) is 1. The molecule has 1 amide bonds. The fourth-order valence-corrected chi connectivity index (χ4v) is 3.74. The molecule has 2 heterocycles. The first-order valence-electron chi connectivity index (χ1n) is 9.50. The number of benzene rings is 2. The number of carbonyl (C=O) groups excluding carboxylic acids is 1. The van der Waals surface area contributed by atoms with Gasteiger partial charge in [-0.2, -0.15) is 0 Å². The average Bonchev–Trinajstić information content (AvgIpc) is 3.11. The van der Waals surface area contributed by atoms with Gasteiger partial charge in [0.25, 0.3) is 0 Å². The number of morpholine rings is 1. The number of carboxylic acids is 1. The van der Waals surface area contributed by atoms with Crippen molar-refractivity contribution in [2.45, 2.75) is 18.9 Å². The van der Waals surface area contributed by atoms with Crippen molar-refractivity contribution in [1.82, 2.24) is 9.88 Å². The van der Waals surface area contributed by atoms with Crippen LogP contribution in [0.15, 0.2) is 48.5 Å². The number of fused-ring (bicyclic) bond motifs is 1. The van der Waals surface area contributed by atoms with Crippen molar-refractivity contribution in [3.8, 4) is 11.3 Å². The number of halogens is 1. The molecule has 0 bridgehead atoms. The van der Waals surface area contributed by atoms with E-state index in [1.54, 1.807) is 17.0 Å². The fraction of sp³-hybridized carbons (Fsp3) is 0.273. The molecule has 0 spiro atoms. The van der Waals surface area contributed by atoms with Gasteiger partial charge in [-0.05, 0) is 47.9 Å². The number of para-hydroxylation sites is 1. The van der Waals surface area contributed by atoms with Gasteiger partial charge in [0.15, 0.2) is 6.10 Å². The van der Waals surface area contributed by atoms with E-state index in [1.165, 1.54) is 12.1 Å². The van der Waals surface area contributed by atoms with Crippen molar-refractivity contribution in [2.75, 3.05) is 19.7 Å². The van der Waals surface area contributed by atoms with E-state index in [9.17, 15) is 14.0 Å². The molecule has 29 heavy (non-hydrogen) atoms. The predicted molar refractivity (Wildman–Crippen MR) is 106 cm³/mol. The summed E-state index contributed by atoms with van der Waals surface area (Å²) in [5.41, 5.74) is 3.65. The first-order valence-corrected chi connectivity index (χ1v) is 9.50. The van der Waals surface area contributed by atoms with Crippen LogP contribution in [-0.4, -0.2) is 52.7 Å². The molecule has 3 aromatic rings. The first-order chi connectivity index (χ1) is 14.0. The van der Waals surface area contributed by atoms with Gasteiger partial charge in [0.1, 0.15) is 5.82 Å². The van der Waals surface area contributed by atoms with Crippen molar-refractivity contribution >= 4 is 22.8 Å². The smallest absolute Gasteiger partial charge is 0.334 e. The van der Waals surface area contributed by atoms with Crippen LogP contribution in [0.1, 0.15) is 12.0 Å². The number of aryl methyl sites for hydroxylation is 1. The van der Waals surface area contributed by atoms with Gasteiger partial charge in [0, 0.05) is 29.6 Å². The second-order valence-corrected chi connectivity index (χ2v) is 7.07. The lowest BCUT2D eigenvalue weighted by Gasteiger charge is -2.31.